The number of benzene rings is 2. The number of methoxy groups -OCH3 is 1. The van der Waals surface area contributed by atoms with E-state index < -0.39 is 0 Å². The van der Waals surface area contributed by atoms with Gasteiger partial charge in [0.15, 0.2) is 0 Å². The van der Waals surface area contributed by atoms with Crippen LogP contribution in [0.3, 0.4) is 0 Å². The van der Waals surface area contributed by atoms with Crippen LogP contribution in [0.5, 0.6) is 5.75 Å². The van der Waals surface area contributed by atoms with Crippen molar-refractivity contribution in [3.63, 3.8) is 0 Å². The second kappa shape index (κ2) is 12.1. The summed E-state index contributed by atoms with van der Waals surface area (Å²) in [6, 6.07) is 13.1. The number of esters is 1. The number of ether oxygens (including phenoxy) is 2. The lowest BCUT2D eigenvalue weighted by Crippen LogP contribution is -2.44. The van der Waals surface area contributed by atoms with Gasteiger partial charge in [0.2, 0.25) is 5.91 Å². The van der Waals surface area contributed by atoms with Gasteiger partial charge in [0, 0.05) is 23.5 Å². The average Bonchev–Trinajstić information content (AvgIpc) is 2.85. The molecule has 3 rings (SSSR count). The summed E-state index contributed by atoms with van der Waals surface area (Å²) in [6.45, 7) is 5.18. The molecule has 0 radical (unpaired) electrons. The van der Waals surface area contributed by atoms with Gasteiger partial charge in [-0.25, -0.2) is 4.79 Å². The summed E-state index contributed by atoms with van der Waals surface area (Å²) in [4.78, 5) is 26.7. The first kappa shape index (κ1) is 25.1. The summed E-state index contributed by atoms with van der Waals surface area (Å²) < 4.78 is 10.6. The van der Waals surface area contributed by atoms with Gasteiger partial charge < -0.3 is 14.4 Å². The Morgan fingerprint density at radius 2 is 1.79 bits per heavy atom. The molecular formula is C27H34ClNO4. The number of hydrogen-bond acceptors (Lipinski definition) is 4. The van der Waals surface area contributed by atoms with Crippen molar-refractivity contribution >= 4 is 23.5 Å². The number of carbonyl (C=O) groups is 2. The summed E-state index contributed by atoms with van der Waals surface area (Å²) in [5.41, 5.74) is 2.39. The number of amides is 1. The molecule has 1 atom stereocenters. The van der Waals surface area contributed by atoms with E-state index in [1.165, 1.54) is 26.4 Å². The molecule has 1 fully saturated rings. The van der Waals surface area contributed by atoms with Crippen LogP contribution in [0.1, 0.15) is 67.4 Å². The molecule has 0 aromatic heterocycles. The normalized spacial score (nSPS) is 15.0. The molecule has 1 unspecified atom stereocenters. The fraction of sp³-hybridized carbons (Fsp3) is 0.481. The molecule has 1 amide bonds. The largest absolute Gasteiger partial charge is 0.489 e. The SMILES string of the molecule is CCN(C(=O)C(C)Cc1ccc(OCc2ccc(C(=O)OC)cc2)cc1Cl)C1CCCCC1. The van der Waals surface area contributed by atoms with Crippen molar-refractivity contribution in [3.8, 4) is 5.75 Å². The highest BCUT2D eigenvalue weighted by atomic mass is 35.5. The summed E-state index contributed by atoms with van der Waals surface area (Å²) in [5.74, 6) is 0.399. The molecule has 1 aliphatic carbocycles. The van der Waals surface area contributed by atoms with E-state index in [2.05, 4.69) is 11.8 Å². The van der Waals surface area contributed by atoms with Crippen LogP contribution < -0.4 is 4.74 Å². The van der Waals surface area contributed by atoms with Crippen molar-refractivity contribution < 1.29 is 19.1 Å². The highest BCUT2D eigenvalue weighted by molar-refractivity contribution is 6.31. The first-order valence-corrected chi connectivity index (χ1v) is 12.2. The smallest absolute Gasteiger partial charge is 0.337 e. The fourth-order valence-electron chi connectivity index (χ4n) is 4.49. The van der Waals surface area contributed by atoms with E-state index in [9.17, 15) is 9.59 Å². The van der Waals surface area contributed by atoms with Crippen molar-refractivity contribution in [3.05, 3.63) is 64.2 Å². The quantitative estimate of drug-likeness (QED) is 0.417. The Bertz CT molecular complexity index is 938. The van der Waals surface area contributed by atoms with E-state index >= 15 is 0 Å². The van der Waals surface area contributed by atoms with E-state index in [0.717, 1.165) is 30.5 Å². The molecule has 0 N–H and O–H groups in total. The maximum atomic E-state index is 13.1. The predicted molar refractivity (Wildman–Crippen MR) is 131 cm³/mol. The van der Waals surface area contributed by atoms with Crippen LogP contribution in [0.25, 0.3) is 0 Å². The number of rotatable bonds is 9. The molecule has 5 nitrogen and oxygen atoms in total. The zero-order valence-electron chi connectivity index (χ0n) is 19.8. The van der Waals surface area contributed by atoms with Gasteiger partial charge in [-0.05, 0) is 61.6 Å². The van der Waals surface area contributed by atoms with Crippen molar-refractivity contribution in [1.82, 2.24) is 4.90 Å². The van der Waals surface area contributed by atoms with Gasteiger partial charge in [0.25, 0.3) is 0 Å². The van der Waals surface area contributed by atoms with Crippen LogP contribution >= 0.6 is 11.6 Å². The molecule has 0 saturated heterocycles. The lowest BCUT2D eigenvalue weighted by molar-refractivity contribution is -0.137. The minimum absolute atomic E-state index is 0.121. The monoisotopic (exact) mass is 471 g/mol. The van der Waals surface area contributed by atoms with Crippen LogP contribution in [-0.2, 0) is 22.6 Å². The van der Waals surface area contributed by atoms with Gasteiger partial charge >= 0.3 is 5.97 Å². The summed E-state index contributed by atoms with van der Waals surface area (Å²) in [7, 11) is 1.36. The van der Waals surface area contributed by atoms with Crippen molar-refractivity contribution in [1.29, 1.82) is 0 Å². The zero-order valence-corrected chi connectivity index (χ0v) is 20.6. The third kappa shape index (κ3) is 6.73. The third-order valence-corrected chi connectivity index (χ3v) is 6.74. The first-order chi connectivity index (χ1) is 15.9. The Labute approximate surface area is 202 Å². The van der Waals surface area contributed by atoms with Crippen LogP contribution in [-0.4, -0.2) is 36.5 Å². The molecule has 2 aromatic carbocycles. The van der Waals surface area contributed by atoms with Crippen molar-refractivity contribution in [2.24, 2.45) is 5.92 Å². The summed E-state index contributed by atoms with van der Waals surface area (Å²) >= 11 is 6.54. The van der Waals surface area contributed by atoms with Gasteiger partial charge in [0.05, 0.1) is 12.7 Å². The first-order valence-electron chi connectivity index (χ1n) is 11.8. The zero-order chi connectivity index (χ0) is 23.8. The molecule has 0 spiro atoms. The minimum Gasteiger partial charge on any atom is -0.489 e. The van der Waals surface area contributed by atoms with Gasteiger partial charge in [-0.3, -0.25) is 4.79 Å². The number of nitrogens with zero attached hydrogens (tertiary/aromatic N) is 1. The number of halogens is 1. The average molecular weight is 472 g/mol. The topological polar surface area (TPSA) is 55.8 Å². The molecule has 0 aliphatic heterocycles. The van der Waals surface area contributed by atoms with Crippen molar-refractivity contribution in [2.75, 3.05) is 13.7 Å². The van der Waals surface area contributed by atoms with E-state index in [1.54, 1.807) is 18.2 Å². The Kier molecular flexibility index (Phi) is 9.19. The Hall–Kier alpha value is -2.53. The molecule has 1 saturated carbocycles. The molecular weight excluding hydrogens is 438 g/mol. The molecule has 0 bridgehead atoms. The molecule has 6 heteroatoms. The van der Waals surface area contributed by atoms with Gasteiger partial charge in [-0.15, -0.1) is 0 Å². The maximum absolute atomic E-state index is 13.1. The third-order valence-electron chi connectivity index (χ3n) is 6.39. The van der Waals surface area contributed by atoms with Gasteiger partial charge in [-0.1, -0.05) is 56.0 Å². The van der Waals surface area contributed by atoms with Crippen LogP contribution in [0, 0.1) is 5.92 Å². The van der Waals surface area contributed by atoms with Crippen LogP contribution in [0.4, 0.5) is 0 Å². The Morgan fingerprint density at radius 3 is 2.39 bits per heavy atom. The second-order valence-corrected chi connectivity index (χ2v) is 9.16. The highest BCUT2D eigenvalue weighted by Crippen LogP contribution is 2.28. The number of hydrogen-bond donors (Lipinski definition) is 0. The molecule has 33 heavy (non-hydrogen) atoms. The number of carbonyl (C=O) groups excluding carboxylic acids is 2. The molecule has 0 heterocycles. The van der Waals surface area contributed by atoms with E-state index in [1.807, 2.05) is 31.2 Å². The summed E-state index contributed by atoms with van der Waals surface area (Å²) in [5, 5.41) is 0.605. The Morgan fingerprint density at radius 1 is 1.09 bits per heavy atom. The van der Waals surface area contributed by atoms with Gasteiger partial charge in [0.1, 0.15) is 12.4 Å². The molecule has 2 aromatic rings. The minimum atomic E-state index is -0.363. The van der Waals surface area contributed by atoms with Crippen LogP contribution in [0.2, 0.25) is 5.02 Å². The standard InChI is InChI=1S/C27H34ClNO4/c1-4-29(23-8-6-5-7-9-23)26(30)19(2)16-22-14-15-24(17-25(22)28)33-18-20-10-12-21(13-11-20)27(31)32-3/h10-15,17,19,23H,4-9,16,18H2,1-3H3. The lowest BCUT2D eigenvalue weighted by atomic mass is 9.92. The summed E-state index contributed by atoms with van der Waals surface area (Å²) in [6.07, 6.45) is 6.54. The van der Waals surface area contributed by atoms with Crippen LogP contribution in [0.15, 0.2) is 42.5 Å². The van der Waals surface area contributed by atoms with E-state index in [4.69, 9.17) is 21.1 Å². The molecule has 1 aliphatic rings. The molecule has 178 valence electrons. The lowest BCUT2D eigenvalue weighted by Gasteiger charge is -2.35. The van der Waals surface area contributed by atoms with E-state index in [0.29, 0.717) is 35.4 Å². The van der Waals surface area contributed by atoms with Crippen molar-refractivity contribution in [2.45, 2.75) is 65.0 Å². The highest BCUT2D eigenvalue weighted by Gasteiger charge is 2.27. The predicted octanol–water partition coefficient (Wildman–Crippen LogP) is 6.07. The fourth-order valence-corrected chi connectivity index (χ4v) is 4.74. The van der Waals surface area contributed by atoms with Gasteiger partial charge in [-0.2, -0.15) is 0 Å². The Balaban J connectivity index is 1.57. The second-order valence-electron chi connectivity index (χ2n) is 8.75. The maximum Gasteiger partial charge on any atom is 0.337 e. The van der Waals surface area contributed by atoms with E-state index in [-0.39, 0.29) is 17.8 Å².